The lowest BCUT2D eigenvalue weighted by Crippen LogP contribution is -2.27. The normalized spacial score (nSPS) is 11.8. The number of rotatable bonds is 7. The smallest absolute Gasteiger partial charge is 0.365 e. The number of alkyl halides is 3. The minimum Gasteiger partial charge on any atom is -0.365 e. The Labute approximate surface area is 182 Å². The molecule has 0 amide bonds. The summed E-state index contributed by atoms with van der Waals surface area (Å²) in [5, 5.41) is 5.51. The lowest BCUT2D eigenvalue weighted by atomic mass is 10.2. The van der Waals surface area contributed by atoms with Crippen LogP contribution in [0.5, 0.6) is 0 Å². The SMILES string of the molecule is Cc1cnccc1Nc1ncc(C(F)(F)F)c(NCc2cccnc2N(C)S(C)(=O)=O)n1. The fourth-order valence-electron chi connectivity index (χ4n) is 2.71. The van der Waals surface area contributed by atoms with Crippen LogP contribution in [-0.4, -0.2) is 41.7 Å². The van der Waals surface area contributed by atoms with Crippen molar-refractivity contribution >= 4 is 33.3 Å². The summed E-state index contributed by atoms with van der Waals surface area (Å²) in [6.45, 7) is 1.62. The van der Waals surface area contributed by atoms with Crippen molar-refractivity contribution in [2.24, 2.45) is 0 Å². The quantitative estimate of drug-likeness (QED) is 0.544. The third-order valence-electron chi connectivity index (χ3n) is 4.47. The topological polar surface area (TPSA) is 113 Å². The van der Waals surface area contributed by atoms with Crippen molar-refractivity contribution in [3.05, 3.63) is 59.7 Å². The number of hydrogen-bond acceptors (Lipinski definition) is 8. The maximum absolute atomic E-state index is 13.5. The summed E-state index contributed by atoms with van der Waals surface area (Å²) in [5.41, 5.74) is 0.660. The van der Waals surface area contributed by atoms with Gasteiger partial charge < -0.3 is 10.6 Å². The fraction of sp³-hybridized carbons (Fsp3) is 0.263. The molecule has 13 heteroatoms. The van der Waals surface area contributed by atoms with Crippen LogP contribution < -0.4 is 14.9 Å². The number of hydrogen-bond donors (Lipinski definition) is 2. The molecule has 3 heterocycles. The molecule has 0 atom stereocenters. The van der Waals surface area contributed by atoms with E-state index in [0.717, 1.165) is 16.1 Å². The Morgan fingerprint density at radius 1 is 1.12 bits per heavy atom. The molecule has 0 aliphatic heterocycles. The second-order valence-corrected chi connectivity index (χ2v) is 8.85. The van der Waals surface area contributed by atoms with Gasteiger partial charge >= 0.3 is 6.18 Å². The van der Waals surface area contributed by atoms with Crippen molar-refractivity contribution in [3.8, 4) is 0 Å². The number of nitrogens with one attached hydrogen (secondary N) is 2. The molecule has 0 aliphatic rings. The monoisotopic (exact) mass is 467 g/mol. The van der Waals surface area contributed by atoms with E-state index in [1.807, 2.05) is 0 Å². The number of nitrogens with zero attached hydrogens (tertiary/aromatic N) is 5. The number of pyridine rings is 2. The lowest BCUT2D eigenvalue weighted by molar-refractivity contribution is -0.137. The van der Waals surface area contributed by atoms with E-state index in [1.54, 1.807) is 31.3 Å². The Morgan fingerprint density at radius 2 is 1.88 bits per heavy atom. The molecule has 0 unspecified atom stereocenters. The second-order valence-electron chi connectivity index (χ2n) is 6.84. The maximum Gasteiger partial charge on any atom is 0.421 e. The lowest BCUT2D eigenvalue weighted by Gasteiger charge is -2.20. The van der Waals surface area contributed by atoms with Crippen LogP contribution in [0.4, 0.5) is 36.4 Å². The first-order valence-corrected chi connectivity index (χ1v) is 11.0. The Bertz CT molecular complexity index is 1220. The molecular formula is C19H20F3N7O2S. The van der Waals surface area contributed by atoms with E-state index < -0.39 is 27.6 Å². The predicted octanol–water partition coefficient (Wildman–Crippen LogP) is 3.35. The highest BCUT2D eigenvalue weighted by molar-refractivity contribution is 7.92. The van der Waals surface area contributed by atoms with Crippen LogP contribution in [0.3, 0.4) is 0 Å². The molecule has 0 saturated heterocycles. The summed E-state index contributed by atoms with van der Waals surface area (Å²) < 4.78 is 65.2. The Kier molecular flexibility index (Phi) is 6.48. The first kappa shape index (κ1) is 23.2. The molecule has 0 bridgehead atoms. The van der Waals surface area contributed by atoms with Crippen LogP contribution >= 0.6 is 0 Å². The Morgan fingerprint density at radius 3 is 2.53 bits per heavy atom. The highest BCUT2D eigenvalue weighted by Crippen LogP contribution is 2.34. The second kappa shape index (κ2) is 8.94. The van der Waals surface area contributed by atoms with Gasteiger partial charge in [-0.25, -0.2) is 18.4 Å². The summed E-state index contributed by atoms with van der Waals surface area (Å²) in [5.74, 6) is -0.413. The third kappa shape index (κ3) is 5.41. The average Bonchev–Trinajstić information content (AvgIpc) is 2.72. The van der Waals surface area contributed by atoms with Gasteiger partial charge in [0.25, 0.3) is 0 Å². The van der Waals surface area contributed by atoms with Gasteiger partial charge in [0.2, 0.25) is 16.0 Å². The van der Waals surface area contributed by atoms with Crippen LogP contribution in [-0.2, 0) is 22.7 Å². The van der Waals surface area contributed by atoms with E-state index in [-0.39, 0.29) is 18.3 Å². The Hall–Kier alpha value is -3.48. The summed E-state index contributed by atoms with van der Waals surface area (Å²) in [7, 11) is -2.30. The summed E-state index contributed by atoms with van der Waals surface area (Å²) in [4.78, 5) is 15.8. The van der Waals surface area contributed by atoms with Gasteiger partial charge in [-0.2, -0.15) is 18.2 Å². The van der Waals surface area contributed by atoms with E-state index in [1.165, 1.54) is 19.4 Å². The summed E-state index contributed by atoms with van der Waals surface area (Å²) in [6.07, 6.45) is 1.50. The van der Waals surface area contributed by atoms with Gasteiger partial charge in [-0.05, 0) is 24.6 Å². The highest BCUT2D eigenvalue weighted by Gasteiger charge is 2.35. The van der Waals surface area contributed by atoms with Crippen molar-refractivity contribution in [3.63, 3.8) is 0 Å². The molecule has 2 N–H and O–H groups in total. The van der Waals surface area contributed by atoms with Crippen molar-refractivity contribution in [2.75, 3.05) is 28.2 Å². The molecule has 0 fully saturated rings. The first-order chi connectivity index (χ1) is 15.0. The molecular weight excluding hydrogens is 447 g/mol. The van der Waals surface area contributed by atoms with Crippen LogP contribution in [0.1, 0.15) is 16.7 Å². The standard InChI is InChI=1S/C19H20F3N7O2S/c1-12-9-23-8-6-15(12)27-18-26-11-14(19(20,21)22)16(28-18)25-10-13-5-4-7-24-17(13)29(2)32(3,30)31/h4-9,11H,10H2,1-3H3,(H2,23,25,26,27,28). The zero-order valence-electron chi connectivity index (χ0n) is 17.3. The number of halogens is 3. The molecule has 0 aromatic carbocycles. The molecule has 3 aromatic rings. The minimum atomic E-state index is -4.70. The number of aryl methyl sites for hydroxylation is 1. The molecule has 3 aromatic heterocycles. The number of sulfonamides is 1. The molecule has 170 valence electrons. The molecule has 3 rings (SSSR count). The first-order valence-electron chi connectivity index (χ1n) is 9.20. The Balaban J connectivity index is 1.93. The van der Waals surface area contributed by atoms with Gasteiger partial charge in [-0.15, -0.1) is 0 Å². The maximum atomic E-state index is 13.5. The van der Waals surface area contributed by atoms with Crippen LogP contribution in [0.15, 0.2) is 43.0 Å². The molecule has 0 saturated carbocycles. The molecule has 9 nitrogen and oxygen atoms in total. The minimum absolute atomic E-state index is 0.0468. The van der Waals surface area contributed by atoms with Gasteiger partial charge in [0.05, 0.1) is 6.26 Å². The van der Waals surface area contributed by atoms with Gasteiger partial charge in [0.15, 0.2) is 0 Å². The van der Waals surface area contributed by atoms with Gasteiger partial charge in [-0.1, -0.05) is 6.07 Å². The van der Waals surface area contributed by atoms with Crippen molar-refractivity contribution < 1.29 is 21.6 Å². The zero-order valence-corrected chi connectivity index (χ0v) is 18.2. The van der Waals surface area contributed by atoms with E-state index >= 15 is 0 Å². The number of anilines is 4. The van der Waals surface area contributed by atoms with Crippen molar-refractivity contribution in [1.29, 1.82) is 0 Å². The summed E-state index contributed by atoms with van der Waals surface area (Å²) >= 11 is 0. The van der Waals surface area contributed by atoms with Crippen molar-refractivity contribution in [1.82, 2.24) is 19.9 Å². The van der Waals surface area contributed by atoms with E-state index in [0.29, 0.717) is 17.4 Å². The van der Waals surface area contributed by atoms with Crippen molar-refractivity contribution in [2.45, 2.75) is 19.6 Å². The van der Waals surface area contributed by atoms with E-state index in [9.17, 15) is 21.6 Å². The zero-order chi connectivity index (χ0) is 23.5. The summed E-state index contributed by atoms with van der Waals surface area (Å²) in [6, 6.07) is 4.76. The highest BCUT2D eigenvalue weighted by atomic mass is 32.2. The molecule has 0 radical (unpaired) electrons. The van der Waals surface area contributed by atoms with Gasteiger partial charge in [0, 0.05) is 49.6 Å². The van der Waals surface area contributed by atoms with Crippen LogP contribution in [0.25, 0.3) is 0 Å². The van der Waals surface area contributed by atoms with Crippen LogP contribution in [0, 0.1) is 6.92 Å². The third-order valence-corrected chi connectivity index (χ3v) is 5.64. The van der Waals surface area contributed by atoms with Gasteiger partial charge in [0.1, 0.15) is 17.2 Å². The predicted molar refractivity (Wildman–Crippen MR) is 114 cm³/mol. The fourth-order valence-corrected chi connectivity index (χ4v) is 3.18. The van der Waals surface area contributed by atoms with E-state index in [4.69, 9.17) is 0 Å². The molecule has 0 aliphatic carbocycles. The van der Waals surface area contributed by atoms with Crippen LogP contribution in [0.2, 0.25) is 0 Å². The molecule has 0 spiro atoms. The van der Waals surface area contributed by atoms with E-state index in [2.05, 4.69) is 30.6 Å². The molecule has 32 heavy (non-hydrogen) atoms. The largest absolute Gasteiger partial charge is 0.421 e. The van der Waals surface area contributed by atoms with Gasteiger partial charge in [-0.3, -0.25) is 9.29 Å². The number of aromatic nitrogens is 4. The average molecular weight is 467 g/mol.